The van der Waals surface area contributed by atoms with Gasteiger partial charge in [0.1, 0.15) is 0 Å². The predicted octanol–water partition coefficient (Wildman–Crippen LogP) is 12.4. The Labute approximate surface area is 306 Å². The van der Waals surface area contributed by atoms with E-state index in [2.05, 4.69) is 189 Å². The number of pyridine rings is 1. The van der Waals surface area contributed by atoms with Crippen LogP contribution < -0.4 is 4.57 Å². The van der Waals surface area contributed by atoms with Crippen LogP contribution in [-0.2, 0) is 17.4 Å². The molecule has 1 aliphatic heterocycles. The number of hydrogen-bond acceptors (Lipinski definition) is 0. The minimum absolute atomic E-state index is 0.0446. The van der Waals surface area contributed by atoms with Crippen molar-refractivity contribution in [2.45, 2.75) is 57.9 Å². The lowest BCUT2D eigenvalue weighted by molar-refractivity contribution is -0.758. The summed E-state index contributed by atoms with van der Waals surface area (Å²) in [6, 6.07) is 54.5. The maximum atomic E-state index is 2.61. The van der Waals surface area contributed by atoms with Gasteiger partial charge < -0.3 is 4.57 Å². The van der Waals surface area contributed by atoms with Crippen molar-refractivity contribution in [1.82, 2.24) is 4.57 Å². The summed E-state index contributed by atoms with van der Waals surface area (Å²) < 4.78 is 5.13. The van der Waals surface area contributed by atoms with Gasteiger partial charge in [0.25, 0.3) is 0 Å². The number of para-hydroxylation sites is 1. The zero-order valence-electron chi connectivity index (χ0n) is 30.4. The summed E-state index contributed by atoms with van der Waals surface area (Å²) in [6.45, 7) is 9.51. The summed E-state index contributed by atoms with van der Waals surface area (Å²) in [5.41, 5.74) is 18.3. The molecule has 0 spiro atoms. The van der Waals surface area contributed by atoms with Crippen molar-refractivity contribution in [3.8, 4) is 50.3 Å². The monoisotopic (exact) mass is 671 g/mol. The van der Waals surface area contributed by atoms with E-state index < -0.39 is 0 Å². The second-order valence-corrected chi connectivity index (χ2v) is 15.5. The van der Waals surface area contributed by atoms with Crippen LogP contribution in [0.25, 0.3) is 72.1 Å². The standard InChI is InChI=1S/C50H43N2/c1-5-50(6-2)31-36-21-24-38(28-41(36)46-26-23-37(32-51(46)50)34-17-11-8-12-18-34)52-47-20-14-13-19-40(47)43-29-42-39-25-22-35(33-15-9-7-10-16-33)27-44(39)49(3,4)45(42)30-48(43)52/h7-30,32H,5-6,31H2,1-4H3/q+1. The molecule has 3 heterocycles. The van der Waals surface area contributed by atoms with Gasteiger partial charge in [-0.25, -0.2) is 0 Å². The SMILES string of the molecule is CCC1(CC)Cc2ccc(-n3c4ccccc4c4cc5c(cc43)C(C)(C)c3cc(-c4ccccc4)ccc3-5)cc2-c2ccc(-c3ccccc3)c[n+]21. The highest BCUT2D eigenvalue weighted by Gasteiger charge is 2.44. The molecule has 0 bridgehead atoms. The molecular weight excluding hydrogens is 629 g/mol. The van der Waals surface area contributed by atoms with Crippen LogP contribution in [0.15, 0.2) is 152 Å². The molecule has 1 aliphatic carbocycles. The lowest BCUT2D eigenvalue weighted by atomic mass is 9.79. The smallest absolute Gasteiger partial charge is 0.213 e. The summed E-state index contributed by atoms with van der Waals surface area (Å²) >= 11 is 0. The Morgan fingerprint density at radius 2 is 1.21 bits per heavy atom. The number of rotatable bonds is 5. The van der Waals surface area contributed by atoms with Gasteiger partial charge in [0.2, 0.25) is 5.69 Å². The molecule has 0 fully saturated rings. The largest absolute Gasteiger partial charge is 0.309 e. The van der Waals surface area contributed by atoms with E-state index >= 15 is 0 Å². The summed E-state index contributed by atoms with van der Waals surface area (Å²) in [4.78, 5) is 0. The number of hydrogen-bond donors (Lipinski definition) is 0. The van der Waals surface area contributed by atoms with Gasteiger partial charge in [-0.15, -0.1) is 0 Å². The van der Waals surface area contributed by atoms with E-state index in [-0.39, 0.29) is 11.0 Å². The Balaban J connectivity index is 1.16. The summed E-state index contributed by atoms with van der Waals surface area (Å²) in [7, 11) is 0. The fourth-order valence-electron chi connectivity index (χ4n) is 9.58. The van der Waals surface area contributed by atoms with Crippen LogP contribution in [0, 0.1) is 0 Å². The van der Waals surface area contributed by atoms with Crippen LogP contribution in [0.5, 0.6) is 0 Å². The van der Waals surface area contributed by atoms with Gasteiger partial charge in [-0.3, -0.25) is 0 Å². The molecule has 0 unspecified atom stereocenters. The maximum Gasteiger partial charge on any atom is 0.213 e. The number of benzene rings is 6. The molecule has 2 heteroatoms. The van der Waals surface area contributed by atoms with Crippen molar-refractivity contribution >= 4 is 21.8 Å². The zero-order valence-corrected chi connectivity index (χ0v) is 30.4. The fraction of sp³-hybridized carbons (Fsp3) is 0.180. The van der Waals surface area contributed by atoms with Crippen LogP contribution in [-0.4, -0.2) is 4.57 Å². The zero-order chi connectivity index (χ0) is 35.2. The van der Waals surface area contributed by atoms with E-state index in [9.17, 15) is 0 Å². The minimum atomic E-state index is -0.129. The van der Waals surface area contributed by atoms with Crippen LogP contribution in [0.3, 0.4) is 0 Å². The molecule has 0 radical (unpaired) electrons. The normalized spacial score (nSPS) is 14.9. The third-order valence-corrected chi connectivity index (χ3v) is 12.6. The van der Waals surface area contributed by atoms with E-state index in [4.69, 9.17) is 0 Å². The molecule has 2 aliphatic rings. The van der Waals surface area contributed by atoms with Crippen LogP contribution in [0.1, 0.15) is 57.2 Å². The first kappa shape index (κ1) is 31.0. The Morgan fingerprint density at radius 3 is 1.96 bits per heavy atom. The Kier molecular flexibility index (Phi) is 6.80. The van der Waals surface area contributed by atoms with E-state index in [0.717, 1.165) is 19.3 Å². The molecule has 0 saturated carbocycles. The highest BCUT2D eigenvalue weighted by Crippen LogP contribution is 2.52. The third-order valence-electron chi connectivity index (χ3n) is 12.6. The predicted molar refractivity (Wildman–Crippen MR) is 217 cm³/mol. The Hall–Kier alpha value is -5.73. The van der Waals surface area contributed by atoms with Crippen LogP contribution in [0.4, 0.5) is 0 Å². The molecule has 8 aromatic rings. The molecule has 0 N–H and O–H groups in total. The third kappa shape index (κ3) is 4.40. The maximum absolute atomic E-state index is 2.61. The summed E-state index contributed by atoms with van der Waals surface area (Å²) in [5, 5.41) is 2.60. The van der Waals surface area contributed by atoms with Crippen LogP contribution in [0.2, 0.25) is 0 Å². The first-order chi connectivity index (χ1) is 25.4. The van der Waals surface area contributed by atoms with Gasteiger partial charge in [0, 0.05) is 52.8 Å². The van der Waals surface area contributed by atoms with Crippen molar-refractivity contribution in [3.05, 3.63) is 168 Å². The molecular formula is C50H43N2+. The number of aromatic nitrogens is 2. The van der Waals surface area contributed by atoms with Crippen molar-refractivity contribution in [1.29, 1.82) is 0 Å². The first-order valence-corrected chi connectivity index (χ1v) is 18.9. The van der Waals surface area contributed by atoms with E-state index in [1.807, 2.05) is 0 Å². The quantitative estimate of drug-likeness (QED) is 0.161. The first-order valence-electron chi connectivity index (χ1n) is 18.9. The molecule has 52 heavy (non-hydrogen) atoms. The summed E-state index contributed by atoms with van der Waals surface area (Å²) in [5.74, 6) is 0. The van der Waals surface area contributed by atoms with Gasteiger partial charge in [0.15, 0.2) is 11.7 Å². The number of nitrogens with zero attached hydrogens (tertiary/aromatic N) is 2. The molecule has 6 aromatic carbocycles. The molecule has 0 amide bonds. The number of fused-ring (bicyclic) bond motifs is 9. The Morgan fingerprint density at radius 1 is 0.538 bits per heavy atom. The van der Waals surface area contributed by atoms with Gasteiger partial charge >= 0.3 is 0 Å². The summed E-state index contributed by atoms with van der Waals surface area (Å²) in [6.07, 6.45) is 5.62. The van der Waals surface area contributed by atoms with Crippen molar-refractivity contribution in [2.75, 3.05) is 0 Å². The molecule has 0 atom stereocenters. The van der Waals surface area contributed by atoms with Gasteiger partial charge in [-0.05, 0) is 87.0 Å². The molecule has 10 rings (SSSR count). The molecule has 2 nitrogen and oxygen atoms in total. The minimum Gasteiger partial charge on any atom is -0.309 e. The van der Waals surface area contributed by atoms with Crippen LogP contribution >= 0.6 is 0 Å². The Bertz CT molecular complexity index is 2690. The topological polar surface area (TPSA) is 8.81 Å². The van der Waals surface area contributed by atoms with Gasteiger partial charge in [-0.2, -0.15) is 4.57 Å². The fourth-order valence-corrected chi connectivity index (χ4v) is 9.58. The average molecular weight is 672 g/mol. The highest BCUT2D eigenvalue weighted by atomic mass is 15.1. The van der Waals surface area contributed by atoms with E-state index in [1.54, 1.807) is 0 Å². The lowest BCUT2D eigenvalue weighted by Crippen LogP contribution is -2.60. The second kappa shape index (κ2) is 11.4. The molecule has 252 valence electrons. The lowest BCUT2D eigenvalue weighted by Gasteiger charge is -2.33. The average Bonchev–Trinajstić information content (AvgIpc) is 3.64. The molecule has 0 saturated heterocycles. The van der Waals surface area contributed by atoms with Crippen molar-refractivity contribution < 1.29 is 4.57 Å². The van der Waals surface area contributed by atoms with E-state index in [0.29, 0.717) is 0 Å². The second-order valence-electron chi connectivity index (χ2n) is 15.5. The van der Waals surface area contributed by atoms with Gasteiger partial charge in [0.05, 0.1) is 16.6 Å². The highest BCUT2D eigenvalue weighted by molar-refractivity contribution is 6.11. The van der Waals surface area contributed by atoms with E-state index in [1.165, 1.54) is 88.8 Å². The van der Waals surface area contributed by atoms with Crippen molar-refractivity contribution in [3.63, 3.8) is 0 Å². The van der Waals surface area contributed by atoms with Gasteiger partial charge in [-0.1, -0.05) is 125 Å². The van der Waals surface area contributed by atoms with Crippen molar-refractivity contribution in [2.24, 2.45) is 0 Å². The molecule has 2 aromatic heterocycles.